The Hall–Kier alpha value is -0.0800. The number of hydrogen-bond acceptors (Lipinski definition) is 3. The number of likely N-dealkylation sites (tertiary alicyclic amines) is 1. The van der Waals surface area contributed by atoms with Crippen molar-refractivity contribution in [2.75, 3.05) is 39.8 Å². The number of nitrogens with one attached hydrogen (secondary N) is 2. The molecule has 2 saturated heterocycles. The van der Waals surface area contributed by atoms with E-state index in [4.69, 9.17) is 4.74 Å². The van der Waals surface area contributed by atoms with Crippen LogP contribution in [0.2, 0.25) is 0 Å². The molecule has 24 heavy (non-hydrogen) atoms. The molecule has 2 rings (SSSR count). The van der Waals surface area contributed by atoms with Crippen molar-refractivity contribution in [2.45, 2.75) is 58.6 Å². The van der Waals surface area contributed by atoms with Crippen LogP contribution in [0.25, 0.3) is 0 Å². The maximum atomic E-state index is 5.66. The fourth-order valence-corrected chi connectivity index (χ4v) is 3.81. The van der Waals surface area contributed by atoms with Crippen LogP contribution >= 0.6 is 24.0 Å². The Bertz CT molecular complexity index is 386. The summed E-state index contributed by atoms with van der Waals surface area (Å²) in [5, 5.41) is 6.90. The van der Waals surface area contributed by atoms with E-state index in [1.807, 2.05) is 7.05 Å². The van der Waals surface area contributed by atoms with Crippen LogP contribution in [0.1, 0.15) is 47.0 Å². The third-order valence-electron chi connectivity index (χ3n) is 5.16. The summed E-state index contributed by atoms with van der Waals surface area (Å²) >= 11 is 0. The van der Waals surface area contributed by atoms with Gasteiger partial charge in [0.15, 0.2) is 5.96 Å². The van der Waals surface area contributed by atoms with Gasteiger partial charge in [-0.1, -0.05) is 13.8 Å². The molecule has 5 nitrogen and oxygen atoms in total. The molecule has 3 unspecified atom stereocenters. The summed E-state index contributed by atoms with van der Waals surface area (Å²) in [6.45, 7) is 14.4. The summed E-state index contributed by atoms with van der Waals surface area (Å²) in [6, 6.07) is 0. The van der Waals surface area contributed by atoms with Crippen molar-refractivity contribution in [2.24, 2.45) is 16.8 Å². The summed E-state index contributed by atoms with van der Waals surface area (Å²) < 4.78 is 5.66. The molecule has 0 aromatic heterocycles. The van der Waals surface area contributed by atoms with Crippen molar-refractivity contribution < 1.29 is 4.74 Å². The van der Waals surface area contributed by atoms with E-state index in [0.29, 0.717) is 6.10 Å². The normalized spacial score (nSPS) is 29.2. The highest BCUT2D eigenvalue weighted by molar-refractivity contribution is 14.0. The van der Waals surface area contributed by atoms with E-state index in [2.05, 4.69) is 48.2 Å². The van der Waals surface area contributed by atoms with Gasteiger partial charge in [0.1, 0.15) is 0 Å². The van der Waals surface area contributed by atoms with Gasteiger partial charge in [-0.3, -0.25) is 9.89 Å². The van der Waals surface area contributed by atoms with Gasteiger partial charge in [-0.2, -0.15) is 0 Å². The fraction of sp³-hybridized carbons (Fsp3) is 0.944. The molecule has 2 heterocycles. The molecular weight excluding hydrogens is 415 g/mol. The number of aliphatic imine (C=N–C) groups is 1. The average molecular weight is 452 g/mol. The number of rotatable bonds is 5. The first kappa shape index (κ1) is 22.0. The smallest absolute Gasteiger partial charge is 0.191 e. The van der Waals surface area contributed by atoms with Gasteiger partial charge in [-0.05, 0) is 44.9 Å². The first-order valence-electron chi connectivity index (χ1n) is 9.22. The average Bonchev–Trinajstić information content (AvgIpc) is 2.99. The summed E-state index contributed by atoms with van der Waals surface area (Å²) in [6.07, 6.45) is 4.02. The number of nitrogens with zero attached hydrogens (tertiary/aromatic N) is 2. The number of guanidine groups is 1. The Kier molecular flexibility index (Phi) is 9.30. The van der Waals surface area contributed by atoms with Crippen LogP contribution in [0.5, 0.6) is 0 Å². The third-order valence-corrected chi connectivity index (χ3v) is 5.16. The Labute approximate surface area is 165 Å². The lowest BCUT2D eigenvalue weighted by molar-refractivity contribution is 0.0483. The second kappa shape index (κ2) is 10.2. The van der Waals surface area contributed by atoms with Crippen LogP contribution in [0.4, 0.5) is 0 Å². The summed E-state index contributed by atoms with van der Waals surface area (Å²) in [7, 11) is 1.84. The van der Waals surface area contributed by atoms with Crippen LogP contribution in [-0.2, 0) is 4.74 Å². The minimum atomic E-state index is 0. The van der Waals surface area contributed by atoms with Crippen LogP contribution in [-0.4, -0.2) is 62.3 Å². The maximum Gasteiger partial charge on any atom is 0.191 e. The molecule has 0 spiro atoms. The zero-order valence-corrected chi connectivity index (χ0v) is 18.4. The molecule has 0 bridgehead atoms. The molecule has 3 atom stereocenters. The molecule has 0 aromatic carbocycles. The SMILES string of the molecule is CN=C(NCC1CCCO1)NCC(C)(C)N1CC(C)CC(C)C1.I. The van der Waals surface area contributed by atoms with Gasteiger partial charge in [0.25, 0.3) is 0 Å². The molecule has 0 amide bonds. The van der Waals surface area contributed by atoms with Crippen LogP contribution < -0.4 is 10.6 Å². The number of ether oxygens (including phenoxy) is 1. The van der Waals surface area contributed by atoms with Crippen molar-refractivity contribution in [3.63, 3.8) is 0 Å². The molecule has 0 radical (unpaired) electrons. The monoisotopic (exact) mass is 452 g/mol. The van der Waals surface area contributed by atoms with Crippen molar-refractivity contribution in [3.05, 3.63) is 0 Å². The van der Waals surface area contributed by atoms with Crippen molar-refractivity contribution in [3.8, 4) is 0 Å². The second-order valence-electron chi connectivity index (χ2n) is 8.11. The van der Waals surface area contributed by atoms with Crippen LogP contribution in [0.3, 0.4) is 0 Å². The lowest BCUT2D eigenvalue weighted by Gasteiger charge is -2.45. The van der Waals surface area contributed by atoms with Crippen LogP contribution in [0, 0.1) is 11.8 Å². The largest absolute Gasteiger partial charge is 0.376 e. The molecule has 2 fully saturated rings. The van der Waals surface area contributed by atoms with Gasteiger partial charge in [-0.25, -0.2) is 0 Å². The summed E-state index contributed by atoms with van der Waals surface area (Å²) in [5.74, 6) is 2.46. The highest BCUT2D eigenvalue weighted by Crippen LogP contribution is 2.26. The zero-order valence-electron chi connectivity index (χ0n) is 16.1. The van der Waals surface area contributed by atoms with Gasteiger partial charge < -0.3 is 15.4 Å². The molecule has 0 aromatic rings. The molecule has 142 valence electrons. The summed E-state index contributed by atoms with van der Waals surface area (Å²) in [5.41, 5.74) is 0.129. The standard InChI is InChI=1S/C18H36N4O.HI/c1-14-9-15(2)12-22(11-14)18(3,4)13-21-17(19-5)20-10-16-7-6-8-23-16;/h14-16H,6-13H2,1-5H3,(H2,19,20,21);1H. The molecule has 2 N–H and O–H groups in total. The minimum Gasteiger partial charge on any atom is -0.376 e. The number of hydrogen-bond donors (Lipinski definition) is 2. The Morgan fingerprint density at radius 3 is 2.42 bits per heavy atom. The maximum absolute atomic E-state index is 5.66. The molecule has 0 aliphatic carbocycles. The molecular formula is C18H37IN4O. The topological polar surface area (TPSA) is 48.9 Å². The molecule has 0 saturated carbocycles. The second-order valence-corrected chi connectivity index (χ2v) is 8.11. The van der Waals surface area contributed by atoms with E-state index < -0.39 is 0 Å². The van der Waals surface area contributed by atoms with Crippen molar-refractivity contribution >= 4 is 29.9 Å². The predicted molar refractivity (Wildman–Crippen MR) is 112 cm³/mol. The van der Waals surface area contributed by atoms with E-state index >= 15 is 0 Å². The quantitative estimate of drug-likeness (QED) is 0.383. The first-order chi connectivity index (χ1) is 10.9. The lowest BCUT2D eigenvalue weighted by Crippen LogP contribution is -2.57. The first-order valence-corrected chi connectivity index (χ1v) is 9.22. The Balaban J connectivity index is 0.00000288. The zero-order chi connectivity index (χ0) is 16.9. The predicted octanol–water partition coefficient (Wildman–Crippen LogP) is 2.70. The lowest BCUT2D eigenvalue weighted by atomic mass is 9.88. The third kappa shape index (κ3) is 6.67. The highest BCUT2D eigenvalue weighted by atomic mass is 127. The van der Waals surface area contributed by atoms with Crippen LogP contribution in [0.15, 0.2) is 4.99 Å². The fourth-order valence-electron chi connectivity index (χ4n) is 3.81. The van der Waals surface area contributed by atoms with Crippen molar-refractivity contribution in [1.82, 2.24) is 15.5 Å². The van der Waals surface area contributed by atoms with E-state index in [9.17, 15) is 0 Å². The summed E-state index contributed by atoms with van der Waals surface area (Å²) in [4.78, 5) is 6.98. The molecule has 6 heteroatoms. The Morgan fingerprint density at radius 2 is 1.88 bits per heavy atom. The van der Waals surface area contributed by atoms with Gasteiger partial charge in [0.2, 0.25) is 0 Å². The van der Waals surface area contributed by atoms with E-state index in [0.717, 1.165) is 43.9 Å². The number of piperidine rings is 1. The minimum absolute atomic E-state index is 0. The van der Waals surface area contributed by atoms with E-state index in [-0.39, 0.29) is 29.5 Å². The van der Waals surface area contributed by atoms with Gasteiger partial charge in [-0.15, -0.1) is 24.0 Å². The van der Waals surface area contributed by atoms with Gasteiger partial charge in [0.05, 0.1) is 6.10 Å². The number of halogens is 1. The van der Waals surface area contributed by atoms with Gasteiger partial charge in [0, 0.05) is 45.4 Å². The Morgan fingerprint density at radius 1 is 1.21 bits per heavy atom. The highest BCUT2D eigenvalue weighted by Gasteiger charge is 2.32. The van der Waals surface area contributed by atoms with Crippen molar-refractivity contribution in [1.29, 1.82) is 0 Å². The molecule has 2 aliphatic rings. The van der Waals surface area contributed by atoms with Gasteiger partial charge >= 0.3 is 0 Å². The molecule has 2 aliphatic heterocycles. The van der Waals surface area contributed by atoms with E-state index in [1.165, 1.54) is 25.9 Å². The van der Waals surface area contributed by atoms with E-state index in [1.54, 1.807) is 0 Å².